The molecule has 0 bridgehead atoms. The molecule has 0 aromatic carbocycles. The number of carboxylic acid groups (broad SMARTS) is 1. The molecule has 2 amide bonds. The van der Waals surface area contributed by atoms with Crippen LogP contribution in [0.1, 0.15) is 111 Å². The second-order valence-corrected chi connectivity index (χ2v) is 10.1. The highest BCUT2D eigenvalue weighted by Gasteiger charge is 2.28. The first-order valence-corrected chi connectivity index (χ1v) is 13.2. The standard InChI is InChI=1S/C26H48N2O8/c1-5-6-7-8-9-10-11-17-34-18-13-14-20(19-22(27)29)35-24(32)21(15-12-16-23(30)31)28-25(33)36-26(2,3)4/h20-21H,5-19H2,1-4H3,(H2,27,29)(H,28,33)(H,30,31)/t20-,21-/m0/s1. The van der Waals surface area contributed by atoms with E-state index in [1.807, 2.05) is 0 Å². The normalized spacial score (nSPS) is 13.0. The van der Waals surface area contributed by atoms with Crippen molar-refractivity contribution in [3.63, 3.8) is 0 Å². The number of hydrogen-bond donors (Lipinski definition) is 3. The Balaban J connectivity index is 4.64. The SMILES string of the molecule is CCCCCCCCCOCCC[C@@H](CC(N)=O)OC(=O)[C@H](CCCC(=O)O)NC(=O)OC(C)(C)C. The number of primary amides is 1. The van der Waals surface area contributed by atoms with Crippen LogP contribution in [-0.4, -0.2) is 60.0 Å². The lowest BCUT2D eigenvalue weighted by Gasteiger charge is -2.24. The van der Waals surface area contributed by atoms with Gasteiger partial charge in [-0.2, -0.15) is 0 Å². The summed E-state index contributed by atoms with van der Waals surface area (Å²) in [5.74, 6) is -2.39. The van der Waals surface area contributed by atoms with E-state index in [-0.39, 0.29) is 25.7 Å². The molecule has 0 fully saturated rings. The number of nitrogens with one attached hydrogen (secondary N) is 1. The highest BCUT2D eigenvalue weighted by molar-refractivity contribution is 5.82. The van der Waals surface area contributed by atoms with E-state index >= 15 is 0 Å². The molecule has 0 rings (SSSR count). The summed E-state index contributed by atoms with van der Waals surface area (Å²) < 4.78 is 16.3. The Morgan fingerprint density at radius 2 is 1.50 bits per heavy atom. The van der Waals surface area contributed by atoms with E-state index in [9.17, 15) is 19.2 Å². The van der Waals surface area contributed by atoms with Crippen molar-refractivity contribution in [2.45, 2.75) is 129 Å². The summed E-state index contributed by atoms with van der Waals surface area (Å²) in [7, 11) is 0. The average molecular weight is 517 g/mol. The Morgan fingerprint density at radius 1 is 0.889 bits per heavy atom. The minimum atomic E-state index is -1.11. The maximum absolute atomic E-state index is 12.8. The average Bonchev–Trinajstić information content (AvgIpc) is 2.74. The number of unbranched alkanes of at least 4 members (excludes halogenated alkanes) is 6. The van der Waals surface area contributed by atoms with Crippen LogP contribution in [0, 0.1) is 0 Å². The number of carboxylic acids is 1. The Bertz CT molecular complexity index is 648. The van der Waals surface area contributed by atoms with Crippen molar-refractivity contribution in [3.8, 4) is 0 Å². The van der Waals surface area contributed by atoms with Gasteiger partial charge < -0.3 is 30.4 Å². The van der Waals surface area contributed by atoms with Crippen LogP contribution in [0.25, 0.3) is 0 Å². The number of rotatable bonds is 21. The van der Waals surface area contributed by atoms with Crippen LogP contribution in [0.4, 0.5) is 4.79 Å². The molecule has 36 heavy (non-hydrogen) atoms. The van der Waals surface area contributed by atoms with E-state index in [1.54, 1.807) is 20.8 Å². The molecule has 0 radical (unpaired) electrons. The molecule has 2 atom stereocenters. The summed E-state index contributed by atoms with van der Waals surface area (Å²) in [6.07, 6.45) is 7.67. The van der Waals surface area contributed by atoms with Gasteiger partial charge in [-0.1, -0.05) is 45.4 Å². The van der Waals surface area contributed by atoms with Gasteiger partial charge in [-0.05, 0) is 52.9 Å². The number of alkyl carbamates (subject to hydrolysis) is 1. The van der Waals surface area contributed by atoms with Gasteiger partial charge in [0.05, 0.1) is 6.42 Å². The van der Waals surface area contributed by atoms with Crippen molar-refractivity contribution in [2.75, 3.05) is 13.2 Å². The molecule has 0 aromatic rings. The number of hydrogen-bond acceptors (Lipinski definition) is 7. The summed E-state index contributed by atoms with van der Waals surface area (Å²) in [6, 6.07) is -1.11. The molecule has 4 N–H and O–H groups in total. The van der Waals surface area contributed by atoms with Crippen LogP contribution in [-0.2, 0) is 28.6 Å². The van der Waals surface area contributed by atoms with E-state index in [0.717, 1.165) is 12.8 Å². The molecule has 0 aromatic heterocycles. The summed E-state index contributed by atoms with van der Waals surface area (Å²) in [6.45, 7) is 8.39. The number of nitrogens with two attached hydrogens (primary N) is 1. The summed E-state index contributed by atoms with van der Waals surface area (Å²) in [4.78, 5) is 47.3. The van der Waals surface area contributed by atoms with Crippen LogP contribution in [0.2, 0.25) is 0 Å². The molecule has 10 heteroatoms. The fourth-order valence-corrected chi connectivity index (χ4v) is 3.51. The van der Waals surface area contributed by atoms with Gasteiger partial charge in [0.25, 0.3) is 0 Å². The molecule has 0 saturated carbocycles. The quantitative estimate of drug-likeness (QED) is 0.149. The van der Waals surface area contributed by atoms with Crippen molar-refractivity contribution in [3.05, 3.63) is 0 Å². The molecular weight excluding hydrogens is 468 g/mol. The predicted molar refractivity (Wildman–Crippen MR) is 136 cm³/mol. The van der Waals surface area contributed by atoms with Crippen molar-refractivity contribution >= 4 is 23.9 Å². The number of esters is 1. The van der Waals surface area contributed by atoms with E-state index < -0.39 is 41.7 Å². The first kappa shape index (κ1) is 33.6. The van der Waals surface area contributed by atoms with Crippen LogP contribution in [0.15, 0.2) is 0 Å². The minimum absolute atomic E-state index is 0.0508. The maximum Gasteiger partial charge on any atom is 0.408 e. The Labute approximate surface area is 216 Å². The van der Waals surface area contributed by atoms with Gasteiger partial charge >= 0.3 is 18.0 Å². The number of carbonyl (C=O) groups excluding carboxylic acids is 3. The van der Waals surface area contributed by atoms with Crippen molar-refractivity contribution in [2.24, 2.45) is 5.73 Å². The summed E-state index contributed by atoms with van der Waals surface area (Å²) in [5, 5.41) is 11.3. The largest absolute Gasteiger partial charge is 0.481 e. The molecule has 0 aliphatic rings. The third-order valence-corrected chi connectivity index (χ3v) is 5.28. The zero-order valence-electron chi connectivity index (χ0n) is 22.6. The van der Waals surface area contributed by atoms with Crippen molar-refractivity contribution in [1.82, 2.24) is 5.32 Å². The molecule has 0 spiro atoms. The smallest absolute Gasteiger partial charge is 0.408 e. The lowest BCUT2D eigenvalue weighted by Crippen LogP contribution is -2.45. The Kier molecular flexibility index (Phi) is 18.5. The molecule has 10 nitrogen and oxygen atoms in total. The van der Waals surface area contributed by atoms with E-state index in [1.165, 1.54) is 32.1 Å². The topological polar surface area (TPSA) is 154 Å². The number of amides is 2. The van der Waals surface area contributed by atoms with Gasteiger partial charge in [-0.25, -0.2) is 9.59 Å². The number of aliphatic carboxylic acids is 1. The van der Waals surface area contributed by atoms with Crippen molar-refractivity contribution < 1.29 is 38.5 Å². The van der Waals surface area contributed by atoms with E-state index in [4.69, 9.17) is 25.1 Å². The molecule has 0 unspecified atom stereocenters. The van der Waals surface area contributed by atoms with Crippen LogP contribution in [0.5, 0.6) is 0 Å². The maximum atomic E-state index is 12.8. The lowest BCUT2D eigenvalue weighted by atomic mass is 10.1. The van der Waals surface area contributed by atoms with Crippen LogP contribution < -0.4 is 11.1 Å². The third kappa shape index (κ3) is 21.0. The fourth-order valence-electron chi connectivity index (χ4n) is 3.51. The first-order chi connectivity index (χ1) is 16.9. The fraction of sp³-hybridized carbons (Fsp3) is 0.846. The first-order valence-electron chi connectivity index (χ1n) is 13.2. The van der Waals surface area contributed by atoms with Gasteiger partial charge in [-0.15, -0.1) is 0 Å². The minimum Gasteiger partial charge on any atom is -0.481 e. The monoisotopic (exact) mass is 516 g/mol. The zero-order valence-corrected chi connectivity index (χ0v) is 22.6. The third-order valence-electron chi connectivity index (χ3n) is 5.28. The number of ether oxygens (including phenoxy) is 3. The molecule has 0 saturated heterocycles. The number of carbonyl (C=O) groups is 4. The van der Waals surface area contributed by atoms with E-state index in [0.29, 0.717) is 26.1 Å². The second-order valence-electron chi connectivity index (χ2n) is 10.1. The Hall–Kier alpha value is -2.36. The predicted octanol–water partition coefficient (Wildman–Crippen LogP) is 4.47. The molecular formula is C26H48N2O8. The van der Waals surface area contributed by atoms with Gasteiger partial charge in [-0.3, -0.25) is 9.59 Å². The molecule has 0 heterocycles. The second kappa shape index (κ2) is 19.8. The molecule has 0 aliphatic heterocycles. The van der Waals surface area contributed by atoms with Gasteiger partial charge in [0.2, 0.25) is 5.91 Å². The van der Waals surface area contributed by atoms with Crippen molar-refractivity contribution in [1.29, 1.82) is 0 Å². The van der Waals surface area contributed by atoms with Gasteiger partial charge in [0, 0.05) is 19.6 Å². The van der Waals surface area contributed by atoms with Crippen LogP contribution in [0.3, 0.4) is 0 Å². The molecule has 210 valence electrons. The van der Waals surface area contributed by atoms with E-state index in [2.05, 4.69) is 12.2 Å². The highest BCUT2D eigenvalue weighted by Crippen LogP contribution is 2.13. The lowest BCUT2D eigenvalue weighted by molar-refractivity contribution is -0.153. The van der Waals surface area contributed by atoms with Gasteiger partial charge in [0.15, 0.2) is 0 Å². The van der Waals surface area contributed by atoms with Crippen LogP contribution >= 0.6 is 0 Å². The van der Waals surface area contributed by atoms with Gasteiger partial charge in [0.1, 0.15) is 17.7 Å². The molecule has 0 aliphatic carbocycles. The highest BCUT2D eigenvalue weighted by atomic mass is 16.6. The summed E-state index contributed by atoms with van der Waals surface area (Å²) >= 11 is 0. The summed E-state index contributed by atoms with van der Waals surface area (Å²) in [5.41, 5.74) is 4.55. The Morgan fingerprint density at radius 3 is 2.08 bits per heavy atom. The zero-order chi connectivity index (χ0) is 27.4.